The van der Waals surface area contributed by atoms with Crippen molar-refractivity contribution in [2.24, 2.45) is 0 Å². The number of nitrogens with zero attached hydrogens (tertiary/aromatic N) is 1. The molecule has 1 fully saturated rings. The van der Waals surface area contributed by atoms with Crippen molar-refractivity contribution in [2.45, 2.75) is 26.3 Å². The van der Waals surface area contributed by atoms with Crippen molar-refractivity contribution in [1.82, 2.24) is 10.2 Å². The Morgan fingerprint density at radius 1 is 1.40 bits per heavy atom. The van der Waals surface area contributed by atoms with Crippen molar-refractivity contribution in [3.05, 3.63) is 29.3 Å². The summed E-state index contributed by atoms with van der Waals surface area (Å²) in [5.41, 5.74) is 3.27. The molecule has 20 heavy (non-hydrogen) atoms. The van der Waals surface area contributed by atoms with Crippen molar-refractivity contribution in [2.75, 3.05) is 32.0 Å². The number of anilines is 1. The van der Waals surface area contributed by atoms with Crippen LogP contribution in [-0.4, -0.2) is 43.5 Å². The van der Waals surface area contributed by atoms with Crippen LogP contribution in [0, 0.1) is 13.8 Å². The molecule has 1 saturated heterocycles. The fourth-order valence-corrected chi connectivity index (χ4v) is 2.49. The van der Waals surface area contributed by atoms with E-state index in [2.05, 4.69) is 28.5 Å². The zero-order chi connectivity index (χ0) is 13.8. The van der Waals surface area contributed by atoms with Gasteiger partial charge in [-0.15, -0.1) is 12.4 Å². The molecule has 2 N–H and O–H groups in total. The Balaban J connectivity index is 0.00000200. The average molecular weight is 298 g/mol. The second-order valence-corrected chi connectivity index (χ2v) is 5.31. The molecular weight excluding hydrogens is 274 g/mol. The van der Waals surface area contributed by atoms with E-state index in [9.17, 15) is 4.79 Å². The van der Waals surface area contributed by atoms with Crippen LogP contribution in [0.2, 0.25) is 0 Å². The van der Waals surface area contributed by atoms with Gasteiger partial charge in [0, 0.05) is 24.8 Å². The van der Waals surface area contributed by atoms with Gasteiger partial charge in [0.25, 0.3) is 0 Å². The van der Waals surface area contributed by atoms with Crippen molar-refractivity contribution >= 4 is 24.0 Å². The van der Waals surface area contributed by atoms with Gasteiger partial charge in [-0.2, -0.15) is 0 Å². The number of likely N-dealkylation sites (N-methyl/N-ethyl adjacent to an activating group) is 1. The van der Waals surface area contributed by atoms with Crippen LogP contribution in [0.25, 0.3) is 0 Å². The van der Waals surface area contributed by atoms with Crippen LogP contribution in [0.15, 0.2) is 18.2 Å². The van der Waals surface area contributed by atoms with E-state index in [4.69, 9.17) is 0 Å². The van der Waals surface area contributed by atoms with E-state index in [-0.39, 0.29) is 18.3 Å². The van der Waals surface area contributed by atoms with E-state index < -0.39 is 0 Å². The summed E-state index contributed by atoms with van der Waals surface area (Å²) in [6.45, 7) is 6.52. The van der Waals surface area contributed by atoms with Gasteiger partial charge >= 0.3 is 0 Å². The minimum Gasteiger partial charge on any atom is -0.325 e. The zero-order valence-electron chi connectivity index (χ0n) is 12.4. The monoisotopic (exact) mass is 297 g/mol. The number of hydrogen-bond donors (Lipinski definition) is 2. The van der Waals surface area contributed by atoms with Gasteiger partial charge in [-0.1, -0.05) is 12.1 Å². The zero-order valence-corrected chi connectivity index (χ0v) is 13.2. The Morgan fingerprint density at radius 3 is 2.80 bits per heavy atom. The molecule has 1 aliphatic heterocycles. The number of hydrogen-bond acceptors (Lipinski definition) is 3. The van der Waals surface area contributed by atoms with E-state index in [1.54, 1.807) is 0 Å². The minimum absolute atomic E-state index is 0. The molecule has 0 aliphatic carbocycles. The van der Waals surface area contributed by atoms with E-state index in [1.165, 1.54) is 5.56 Å². The Hall–Kier alpha value is -1.10. The van der Waals surface area contributed by atoms with Gasteiger partial charge in [0.05, 0.1) is 6.54 Å². The number of benzene rings is 1. The number of carbonyl (C=O) groups is 1. The fourth-order valence-electron chi connectivity index (χ4n) is 2.49. The molecule has 1 amide bonds. The molecule has 1 aromatic carbocycles. The average Bonchev–Trinajstić information content (AvgIpc) is 2.82. The van der Waals surface area contributed by atoms with Crippen molar-refractivity contribution in [1.29, 1.82) is 0 Å². The molecule has 112 valence electrons. The maximum atomic E-state index is 12.1. The number of halogens is 1. The number of amides is 1. The number of likely N-dealkylation sites (tertiary alicyclic amines) is 1. The van der Waals surface area contributed by atoms with Gasteiger partial charge in [-0.05, 0) is 44.5 Å². The van der Waals surface area contributed by atoms with Crippen LogP contribution in [-0.2, 0) is 4.79 Å². The summed E-state index contributed by atoms with van der Waals surface area (Å²) in [6, 6.07) is 6.52. The molecule has 1 atom stereocenters. The molecule has 1 aromatic rings. The van der Waals surface area contributed by atoms with Crippen LogP contribution in [0.5, 0.6) is 0 Å². The maximum Gasteiger partial charge on any atom is 0.238 e. The van der Waals surface area contributed by atoms with Gasteiger partial charge in [-0.3, -0.25) is 9.69 Å². The Morgan fingerprint density at radius 2 is 2.15 bits per heavy atom. The third kappa shape index (κ3) is 4.20. The molecular formula is C15H24ClN3O. The largest absolute Gasteiger partial charge is 0.325 e. The summed E-state index contributed by atoms with van der Waals surface area (Å²) in [7, 11) is 1.98. The quantitative estimate of drug-likeness (QED) is 0.893. The first kappa shape index (κ1) is 17.0. The van der Waals surface area contributed by atoms with E-state index in [1.807, 2.05) is 26.1 Å². The Kier molecular flexibility index (Phi) is 6.46. The first-order valence-corrected chi connectivity index (χ1v) is 6.86. The van der Waals surface area contributed by atoms with Crippen LogP contribution < -0.4 is 10.6 Å². The van der Waals surface area contributed by atoms with Gasteiger partial charge < -0.3 is 10.6 Å². The van der Waals surface area contributed by atoms with Crippen molar-refractivity contribution < 1.29 is 4.79 Å². The highest BCUT2D eigenvalue weighted by Crippen LogP contribution is 2.18. The lowest BCUT2D eigenvalue weighted by Gasteiger charge is -2.16. The molecule has 1 unspecified atom stereocenters. The normalized spacial score (nSPS) is 18.6. The second-order valence-electron chi connectivity index (χ2n) is 5.31. The summed E-state index contributed by atoms with van der Waals surface area (Å²) >= 11 is 0. The van der Waals surface area contributed by atoms with Crippen LogP contribution in [0.4, 0.5) is 5.69 Å². The molecule has 5 heteroatoms. The van der Waals surface area contributed by atoms with Gasteiger partial charge in [0.2, 0.25) is 5.91 Å². The molecule has 0 radical (unpaired) electrons. The lowest BCUT2D eigenvalue weighted by Crippen LogP contribution is -2.34. The number of rotatable bonds is 4. The molecule has 0 bridgehead atoms. The standard InChI is InChI=1S/C15H23N3O.ClH/c1-11-5-4-6-14(12(11)2)17-15(19)10-18-8-7-13(9-18)16-3;/h4-6,13,16H,7-10H2,1-3H3,(H,17,19);1H. The van der Waals surface area contributed by atoms with E-state index in [0.29, 0.717) is 12.6 Å². The molecule has 1 aliphatic rings. The smallest absolute Gasteiger partial charge is 0.238 e. The Bertz CT molecular complexity index is 464. The van der Waals surface area contributed by atoms with E-state index in [0.717, 1.165) is 30.8 Å². The van der Waals surface area contributed by atoms with Crippen LogP contribution in [0.1, 0.15) is 17.5 Å². The molecule has 0 saturated carbocycles. The highest BCUT2D eigenvalue weighted by atomic mass is 35.5. The SMILES string of the molecule is CNC1CCN(CC(=O)Nc2cccc(C)c2C)C1.Cl. The topological polar surface area (TPSA) is 44.4 Å². The third-order valence-corrected chi connectivity index (χ3v) is 3.93. The van der Waals surface area contributed by atoms with Crippen molar-refractivity contribution in [3.8, 4) is 0 Å². The Labute approximate surface area is 127 Å². The molecule has 2 rings (SSSR count). The molecule has 0 spiro atoms. The molecule has 0 aromatic heterocycles. The van der Waals surface area contributed by atoms with Crippen LogP contribution in [0.3, 0.4) is 0 Å². The van der Waals surface area contributed by atoms with Gasteiger partial charge in [0.1, 0.15) is 0 Å². The fraction of sp³-hybridized carbons (Fsp3) is 0.533. The second kappa shape index (κ2) is 7.62. The number of aryl methyl sites for hydroxylation is 1. The summed E-state index contributed by atoms with van der Waals surface area (Å²) in [6.07, 6.45) is 1.12. The predicted octanol–water partition coefficient (Wildman–Crippen LogP) is 1.96. The maximum absolute atomic E-state index is 12.1. The summed E-state index contributed by atoms with van der Waals surface area (Å²) < 4.78 is 0. The highest BCUT2D eigenvalue weighted by Gasteiger charge is 2.22. The van der Waals surface area contributed by atoms with Gasteiger partial charge in [0.15, 0.2) is 0 Å². The molecule has 1 heterocycles. The summed E-state index contributed by atoms with van der Waals surface area (Å²) in [5.74, 6) is 0.0745. The predicted molar refractivity (Wildman–Crippen MR) is 85.7 cm³/mol. The number of nitrogens with one attached hydrogen (secondary N) is 2. The van der Waals surface area contributed by atoms with E-state index >= 15 is 0 Å². The summed E-state index contributed by atoms with van der Waals surface area (Å²) in [5, 5.41) is 6.27. The lowest BCUT2D eigenvalue weighted by atomic mass is 10.1. The first-order chi connectivity index (χ1) is 9.10. The summed E-state index contributed by atoms with van der Waals surface area (Å²) in [4.78, 5) is 14.2. The minimum atomic E-state index is 0. The first-order valence-electron chi connectivity index (χ1n) is 6.86. The third-order valence-electron chi connectivity index (χ3n) is 3.93. The van der Waals surface area contributed by atoms with Crippen LogP contribution >= 0.6 is 12.4 Å². The lowest BCUT2D eigenvalue weighted by molar-refractivity contribution is -0.117. The number of carbonyl (C=O) groups excluding carboxylic acids is 1. The van der Waals surface area contributed by atoms with Crippen molar-refractivity contribution in [3.63, 3.8) is 0 Å². The van der Waals surface area contributed by atoms with Gasteiger partial charge in [-0.25, -0.2) is 0 Å². The highest BCUT2D eigenvalue weighted by molar-refractivity contribution is 5.93. The molecule has 4 nitrogen and oxygen atoms in total.